The molecule has 0 aliphatic carbocycles. The second kappa shape index (κ2) is 6.41. The number of aromatic hydroxyl groups is 1. The van der Waals surface area contributed by atoms with Crippen LogP contribution in [0.25, 0.3) is 0 Å². The first-order valence-corrected chi connectivity index (χ1v) is 6.55. The lowest BCUT2D eigenvalue weighted by Crippen LogP contribution is -2.11. The van der Waals surface area contributed by atoms with Crippen molar-refractivity contribution in [1.29, 1.82) is 0 Å². The predicted molar refractivity (Wildman–Crippen MR) is 76.8 cm³/mol. The molecule has 1 aromatic rings. The monoisotopic (exact) mass is 262 g/mol. The van der Waals surface area contributed by atoms with Gasteiger partial charge in [0.05, 0.1) is 6.61 Å². The molecule has 1 N–H and O–H groups in total. The van der Waals surface area contributed by atoms with Crippen LogP contribution in [0.5, 0.6) is 5.75 Å². The van der Waals surface area contributed by atoms with Crippen LogP contribution in [0.1, 0.15) is 46.0 Å². The summed E-state index contributed by atoms with van der Waals surface area (Å²) in [6, 6.07) is 0. The fourth-order valence-electron chi connectivity index (χ4n) is 2.21. The third kappa shape index (κ3) is 2.98. The van der Waals surface area contributed by atoms with Gasteiger partial charge in [-0.05, 0) is 62.8 Å². The molecule has 0 spiro atoms. The van der Waals surface area contributed by atoms with Gasteiger partial charge in [-0.25, -0.2) is 4.79 Å². The lowest BCUT2D eigenvalue weighted by molar-refractivity contribution is 0.0522. The van der Waals surface area contributed by atoms with Gasteiger partial charge in [0.15, 0.2) is 0 Å². The van der Waals surface area contributed by atoms with Crippen molar-refractivity contribution in [2.75, 3.05) is 6.61 Å². The van der Waals surface area contributed by atoms with E-state index >= 15 is 0 Å². The number of phenols is 1. The Morgan fingerprint density at radius 3 is 2.42 bits per heavy atom. The molecule has 3 nitrogen and oxygen atoms in total. The number of esters is 1. The van der Waals surface area contributed by atoms with Gasteiger partial charge in [0, 0.05) is 0 Å². The van der Waals surface area contributed by atoms with E-state index in [1.165, 1.54) is 0 Å². The zero-order valence-corrected chi connectivity index (χ0v) is 12.2. The molecule has 19 heavy (non-hydrogen) atoms. The Bertz CT molecular complexity index is 501. The van der Waals surface area contributed by atoms with Gasteiger partial charge < -0.3 is 9.84 Å². The van der Waals surface area contributed by atoms with E-state index in [-0.39, 0.29) is 5.75 Å². The van der Waals surface area contributed by atoms with Gasteiger partial charge >= 0.3 is 5.97 Å². The lowest BCUT2D eigenvalue weighted by Gasteiger charge is -2.18. The van der Waals surface area contributed by atoms with Crippen LogP contribution in [0.4, 0.5) is 0 Å². The Kier molecular flexibility index (Phi) is 5.16. The number of ether oxygens (including phenoxy) is 1. The summed E-state index contributed by atoms with van der Waals surface area (Å²) in [4.78, 5) is 12.0. The Labute approximate surface area is 114 Å². The first-order valence-electron chi connectivity index (χ1n) is 6.55. The van der Waals surface area contributed by atoms with E-state index in [0.717, 1.165) is 28.7 Å². The Morgan fingerprint density at radius 2 is 1.89 bits per heavy atom. The van der Waals surface area contributed by atoms with Crippen LogP contribution < -0.4 is 0 Å². The highest BCUT2D eigenvalue weighted by molar-refractivity contribution is 5.95. The molecule has 0 aliphatic heterocycles. The minimum atomic E-state index is -0.458. The number of hydrogen-bond donors (Lipinski definition) is 1. The third-order valence-corrected chi connectivity index (χ3v) is 3.55. The van der Waals surface area contributed by atoms with Crippen molar-refractivity contribution in [2.24, 2.45) is 0 Å². The second-order valence-corrected chi connectivity index (χ2v) is 4.62. The number of rotatable bonds is 5. The molecule has 0 saturated heterocycles. The number of phenolic OH excluding ortho intramolecular Hbond substituents is 1. The molecular weight excluding hydrogens is 240 g/mol. The van der Waals surface area contributed by atoms with Crippen LogP contribution in [-0.4, -0.2) is 17.7 Å². The number of allylic oxidation sites excluding steroid dienone is 1. The van der Waals surface area contributed by atoms with Crippen molar-refractivity contribution in [2.45, 2.75) is 40.5 Å². The van der Waals surface area contributed by atoms with Gasteiger partial charge in [-0.15, -0.1) is 6.58 Å². The summed E-state index contributed by atoms with van der Waals surface area (Å²) in [5.41, 5.74) is 3.95. The van der Waals surface area contributed by atoms with Crippen molar-refractivity contribution in [3.63, 3.8) is 0 Å². The highest BCUT2D eigenvalue weighted by atomic mass is 16.5. The molecule has 1 rings (SSSR count). The van der Waals surface area contributed by atoms with E-state index < -0.39 is 5.97 Å². The van der Waals surface area contributed by atoms with E-state index in [1.54, 1.807) is 13.0 Å². The summed E-state index contributed by atoms with van der Waals surface area (Å²) >= 11 is 0. The van der Waals surface area contributed by atoms with Gasteiger partial charge in [0.1, 0.15) is 11.3 Å². The van der Waals surface area contributed by atoms with Crippen LogP contribution in [0, 0.1) is 20.8 Å². The van der Waals surface area contributed by atoms with E-state index in [2.05, 4.69) is 6.58 Å². The first-order chi connectivity index (χ1) is 8.95. The zero-order chi connectivity index (χ0) is 14.6. The van der Waals surface area contributed by atoms with Crippen LogP contribution in [-0.2, 0) is 11.2 Å². The molecule has 0 unspecified atom stereocenters. The Balaban J connectivity index is 3.42. The molecule has 0 heterocycles. The number of hydrogen-bond acceptors (Lipinski definition) is 3. The van der Waals surface area contributed by atoms with Crippen molar-refractivity contribution < 1.29 is 14.6 Å². The maximum absolute atomic E-state index is 12.0. The minimum Gasteiger partial charge on any atom is -0.507 e. The van der Waals surface area contributed by atoms with E-state index in [1.807, 2.05) is 20.8 Å². The van der Waals surface area contributed by atoms with Crippen molar-refractivity contribution >= 4 is 5.97 Å². The summed E-state index contributed by atoms with van der Waals surface area (Å²) in [7, 11) is 0. The largest absolute Gasteiger partial charge is 0.507 e. The zero-order valence-electron chi connectivity index (χ0n) is 12.2. The fraction of sp³-hybridized carbons (Fsp3) is 0.438. The van der Waals surface area contributed by atoms with Gasteiger partial charge in [-0.3, -0.25) is 0 Å². The molecule has 0 aromatic heterocycles. The van der Waals surface area contributed by atoms with Crippen molar-refractivity contribution in [1.82, 2.24) is 0 Å². The van der Waals surface area contributed by atoms with Crippen LogP contribution in [0.3, 0.4) is 0 Å². The highest BCUT2D eigenvalue weighted by Gasteiger charge is 2.22. The molecule has 104 valence electrons. The smallest absolute Gasteiger partial charge is 0.342 e. The van der Waals surface area contributed by atoms with Crippen molar-refractivity contribution in [3.05, 3.63) is 40.5 Å². The van der Waals surface area contributed by atoms with Crippen LogP contribution >= 0.6 is 0 Å². The fourth-order valence-corrected chi connectivity index (χ4v) is 2.21. The maximum Gasteiger partial charge on any atom is 0.342 e. The number of carbonyl (C=O) groups is 1. The molecule has 0 radical (unpaired) electrons. The van der Waals surface area contributed by atoms with Crippen molar-refractivity contribution in [3.8, 4) is 5.75 Å². The molecular formula is C16H22O3. The quantitative estimate of drug-likeness (QED) is 0.651. The highest BCUT2D eigenvalue weighted by Crippen LogP contribution is 2.33. The van der Waals surface area contributed by atoms with Gasteiger partial charge in [-0.2, -0.15) is 0 Å². The Hall–Kier alpha value is -1.77. The standard InChI is InChI=1S/C16H22O3/c1-6-8-9-13-11(4)10(3)12(5)14(15(13)17)16(18)19-7-2/h6,17H,1,7-9H2,2-5H3. The lowest BCUT2D eigenvalue weighted by atomic mass is 9.90. The van der Waals surface area contributed by atoms with E-state index in [9.17, 15) is 9.90 Å². The summed E-state index contributed by atoms with van der Waals surface area (Å²) in [6.07, 6.45) is 3.24. The van der Waals surface area contributed by atoms with Gasteiger partial charge in [0.25, 0.3) is 0 Å². The third-order valence-electron chi connectivity index (χ3n) is 3.55. The number of carbonyl (C=O) groups excluding carboxylic acids is 1. The first kappa shape index (κ1) is 15.3. The van der Waals surface area contributed by atoms with Gasteiger partial charge in [0.2, 0.25) is 0 Å². The average Bonchev–Trinajstić information content (AvgIpc) is 2.37. The number of benzene rings is 1. The summed E-state index contributed by atoms with van der Waals surface area (Å²) in [5, 5.41) is 10.4. The molecule has 0 saturated carbocycles. The molecule has 0 atom stereocenters. The Morgan fingerprint density at radius 1 is 1.26 bits per heavy atom. The molecule has 0 amide bonds. The molecule has 0 aliphatic rings. The van der Waals surface area contributed by atoms with E-state index in [4.69, 9.17) is 4.74 Å². The summed E-state index contributed by atoms with van der Waals surface area (Å²) in [6.45, 7) is 11.5. The van der Waals surface area contributed by atoms with E-state index in [0.29, 0.717) is 18.6 Å². The average molecular weight is 262 g/mol. The molecule has 0 fully saturated rings. The maximum atomic E-state index is 12.0. The normalized spacial score (nSPS) is 10.3. The van der Waals surface area contributed by atoms with Crippen LogP contribution in [0.2, 0.25) is 0 Å². The molecule has 0 bridgehead atoms. The predicted octanol–water partition coefficient (Wildman–Crippen LogP) is 3.61. The topological polar surface area (TPSA) is 46.5 Å². The van der Waals surface area contributed by atoms with Gasteiger partial charge in [-0.1, -0.05) is 6.08 Å². The summed E-state index contributed by atoms with van der Waals surface area (Å²) in [5.74, 6) is -0.402. The second-order valence-electron chi connectivity index (χ2n) is 4.62. The minimum absolute atomic E-state index is 0.0564. The van der Waals surface area contributed by atoms with Crippen LogP contribution in [0.15, 0.2) is 12.7 Å². The SMILES string of the molecule is C=CCCc1c(C)c(C)c(C)c(C(=O)OCC)c1O. The summed E-state index contributed by atoms with van der Waals surface area (Å²) < 4.78 is 5.02. The molecule has 3 heteroatoms. The molecule has 1 aromatic carbocycles.